The second-order valence-electron chi connectivity index (χ2n) is 5.73. The molecular weight excluding hydrogens is 304 g/mol. The summed E-state index contributed by atoms with van der Waals surface area (Å²) in [6, 6.07) is 9.02. The number of nitrogens with zero attached hydrogens (tertiary/aromatic N) is 4. The normalized spacial score (nSPS) is 17.3. The highest BCUT2D eigenvalue weighted by Crippen LogP contribution is 2.17. The van der Waals surface area contributed by atoms with Crippen molar-refractivity contribution in [3.63, 3.8) is 0 Å². The monoisotopic (exact) mass is 322 g/mol. The maximum Gasteiger partial charge on any atom is 0.255 e. The third-order valence-electron chi connectivity index (χ3n) is 4.00. The number of ether oxygens (including phenoxy) is 1. The molecule has 6 nitrogen and oxygen atoms in total. The maximum absolute atomic E-state index is 12.6. The Morgan fingerprint density at radius 3 is 3.00 bits per heavy atom. The van der Waals surface area contributed by atoms with Gasteiger partial charge in [0, 0.05) is 31.7 Å². The average molecular weight is 322 g/mol. The minimum Gasteiger partial charge on any atom is -0.372 e. The van der Waals surface area contributed by atoms with E-state index >= 15 is 0 Å². The third kappa shape index (κ3) is 3.94. The second-order valence-corrected chi connectivity index (χ2v) is 5.73. The van der Waals surface area contributed by atoms with E-state index in [-0.39, 0.29) is 12.0 Å². The Balaban J connectivity index is 1.58. The minimum atomic E-state index is -0.0679. The van der Waals surface area contributed by atoms with Gasteiger partial charge in [-0.25, -0.2) is 4.98 Å². The van der Waals surface area contributed by atoms with Gasteiger partial charge in [0.05, 0.1) is 18.3 Å². The van der Waals surface area contributed by atoms with E-state index in [2.05, 4.69) is 9.97 Å². The molecule has 1 aliphatic heterocycles. The first-order chi connectivity index (χ1) is 11.8. The van der Waals surface area contributed by atoms with Crippen LogP contribution in [0, 0.1) is 11.3 Å². The van der Waals surface area contributed by atoms with Gasteiger partial charge >= 0.3 is 0 Å². The lowest BCUT2D eigenvalue weighted by Crippen LogP contribution is -2.43. The van der Waals surface area contributed by atoms with Crippen LogP contribution in [0.4, 0.5) is 0 Å². The minimum absolute atomic E-state index is 0.0225. The molecule has 2 aromatic rings. The molecule has 0 spiro atoms. The molecule has 0 saturated carbocycles. The van der Waals surface area contributed by atoms with Gasteiger partial charge in [-0.3, -0.25) is 9.78 Å². The lowest BCUT2D eigenvalue weighted by molar-refractivity contribution is -0.00682. The van der Waals surface area contributed by atoms with E-state index in [1.807, 2.05) is 18.2 Å². The smallest absolute Gasteiger partial charge is 0.255 e. The van der Waals surface area contributed by atoms with Crippen LogP contribution in [0.15, 0.2) is 42.9 Å². The molecule has 1 atom stereocenters. The van der Waals surface area contributed by atoms with Crippen LogP contribution >= 0.6 is 0 Å². The third-order valence-corrected chi connectivity index (χ3v) is 4.00. The molecule has 1 amide bonds. The standard InChI is InChI=1S/C18H18N4O2/c19-9-16-6-5-15(11-21-16)18(23)22-8-2-4-17(12-22)24-13-14-3-1-7-20-10-14/h1,3,5-7,10-11,17H,2,4,8,12-13H2. The van der Waals surface area contributed by atoms with Crippen molar-refractivity contribution in [1.29, 1.82) is 5.26 Å². The van der Waals surface area contributed by atoms with E-state index in [9.17, 15) is 4.79 Å². The lowest BCUT2D eigenvalue weighted by Gasteiger charge is -2.32. The van der Waals surface area contributed by atoms with E-state index in [0.717, 1.165) is 18.4 Å². The predicted molar refractivity (Wildman–Crippen MR) is 86.9 cm³/mol. The zero-order valence-corrected chi connectivity index (χ0v) is 13.3. The summed E-state index contributed by atoms with van der Waals surface area (Å²) in [5.41, 5.74) is 1.84. The maximum atomic E-state index is 12.6. The number of nitriles is 1. The molecular formula is C18H18N4O2. The van der Waals surface area contributed by atoms with Crippen LogP contribution in [0.1, 0.15) is 34.5 Å². The largest absolute Gasteiger partial charge is 0.372 e. The Labute approximate surface area is 140 Å². The zero-order chi connectivity index (χ0) is 16.8. The number of rotatable bonds is 4. The van der Waals surface area contributed by atoms with Crippen molar-refractivity contribution < 1.29 is 9.53 Å². The fraction of sp³-hybridized carbons (Fsp3) is 0.333. The molecule has 2 aromatic heterocycles. The summed E-state index contributed by atoms with van der Waals surface area (Å²) in [6.45, 7) is 1.78. The van der Waals surface area contributed by atoms with Crippen LogP contribution in [0.2, 0.25) is 0 Å². The fourth-order valence-corrected chi connectivity index (χ4v) is 2.73. The van der Waals surface area contributed by atoms with E-state index in [1.54, 1.807) is 29.4 Å². The Bertz CT molecular complexity index is 725. The van der Waals surface area contributed by atoms with Crippen molar-refractivity contribution in [2.24, 2.45) is 0 Å². The van der Waals surface area contributed by atoms with Gasteiger partial charge in [0.15, 0.2) is 0 Å². The van der Waals surface area contributed by atoms with Crippen LogP contribution in [0.25, 0.3) is 0 Å². The Hall–Kier alpha value is -2.78. The fourth-order valence-electron chi connectivity index (χ4n) is 2.73. The van der Waals surface area contributed by atoms with Crippen LogP contribution in [-0.4, -0.2) is 40.0 Å². The summed E-state index contributed by atoms with van der Waals surface area (Å²) < 4.78 is 5.93. The topological polar surface area (TPSA) is 79.1 Å². The van der Waals surface area contributed by atoms with Crippen molar-refractivity contribution in [3.05, 3.63) is 59.7 Å². The number of carbonyl (C=O) groups is 1. The molecule has 1 aliphatic rings. The van der Waals surface area contributed by atoms with Gasteiger partial charge in [0.1, 0.15) is 11.8 Å². The summed E-state index contributed by atoms with van der Waals surface area (Å²) in [6.07, 6.45) is 6.85. The van der Waals surface area contributed by atoms with Crippen LogP contribution in [0.5, 0.6) is 0 Å². The highest BCUT2D eigenvalue weighted by atomic mass is 16.5. The summed E-state index contributed by atoms with van der Waals surface area (Å²) in [7, 11) is 0. The molecule has 0 radical (unpaired) electrons. The van der Waals surface area contributed by atoms with Gasteiger partial charge in [0.2, 0.25) is 0 Å². The zero-order valence-electron chi connectivity index (χ0n) is 13.3. The predicted octanol–water partition coefficient (Wildman–Crippen LogP) is 2.17. The molecule has 6 heteroatoms. The molecule has 1 unspecified atom stereocenters. The van der Waals surface area contributed by atoms with E-state index < -0.39 is 0 Å². The SMILES string of the molecule is N#Cc1ccc(C(=O)N2CCCC(OCc3cccnc3)C2)cn1. The van der Waals surface area contributed by atoms with Crippen LogP contribution in [0.3, 0.4) is 0 Å². The number of amides is 1. The average Bonchev–Trinajstić information content (AvgIpc) is 2.67. The molecule has 24 heavy (non-hydrogen) atoms. The number of likely N-dealkylation sites (tertiary alicyclic amines) is 1. The first kappa shape index (κ1) is 16.1. The van der Waals surface area contributed by atoms with Crippen molar-refractivity contribution >= 4 is 5.91 Å². The van der Waals surface area contributed by atoms with Crippen molar-refractivity contribution in [1.82, 2.24) is 14.9 Å². The van der Waals surface area contributed by atoms with Gasteiger partial charge < -0.3 is 9.64 Å². The molecule has 122 valence electrons. The highest BCUT2D eigenvalue weighted by molar-refractivity contribution is 5.94. The summed E-state index contributed by atoms with van der Waals surface area (Å²) in [5.74, 6) is -0.0679. The number of hydrogen-bond donors (Lipinski definition) is 0. The molecule has 1 saturated heterocycles. The quantitative estimate of drug-likeness (QED) is 0.862. The van der Waals surface area contributed by atoms with Gasteiger partial charge in [-0.1, -0.05) is 6.07 Å². The molecule has 0 N–H and O–H groups in total. The van der Waals surface area contributed by atoms with Crippen molar-refractivity contribution in [2.75, 3.05) is 13.1 Å². The van der Waals surface area contributed by atoms with Crippen LogP contribution in [-0.2, 0) is 11.3 Å². The number of aromatic nitrogens is 2. The number of carbonyl (C=O) groups excluding carboxylic acids is 1. The molecule has 0 bridgehead atoms. The first-order valence-corrected chi connectivity index (χ1v) is 7.92. The lowest BCUT2D eigenvalue weighted by atomic mass is 10.1. The molecule has 0 aromatic carbocycles. The van der Waals surface area contributed by atoms with E-state index in [1.165, 1.54) is 6.20 Å². The van der Waals surface area contributed by atoms with Crippen molar-refractivity contribution in [3.8, 4) is 6.07 Å². The number of hydrogen-bond acceptors (Lipinski definition) is 5. The summed E-state index contributed by atoms with van der Waals surface area (Å²) >= 11 is 0. The Morgan fingerprint density at radius 1 is 1.38 bits per heavy atom. The van der Waals surface area contributed by atoms with Gasteiger partial charge in [0.25, 0.3) is 5.91 Å². The summed E-state index contributed by atoms with van der Waals surface area (Å²) in [5, 5.41) is 8.77. The van der Waals surface area contributed by atoms with Gasteiger partial charge in [-0.2, -0.15) is 5.26 Å². The number of pyridine rings is 2. The highest BCUT2D eigenvalue weighted by Gasteiger charge is 2.25. The van der Waals surface area contributed by atoms with E-state index in [4.69, 9.17) is 10.00 Å². The molecule has 3 rings (SSSR count). The second kappa shape index (κ2) is 7.66. The number of piperidine rings is 1. The van der Waals surface area contributed by atoms with Crippen molar-refractivity contribution in [2.45, 2.75) is 25.6 Å². The molecule has 0 aliphatic carbocycles. The Morgan fingerprint density at radius 2 is 2.29 bits per heavy atom. The van der Waals surface area contributed by atoms with Gasteiger partial charge in [-0.05, 0) is 36.6 Å². The molecule has 3 heterocycles. The molecule has 1 fully saturated rings. The van der Waals surface area contributed by atoms with E-state index in [0.29, 0.717) is 31.0 Å². The first-order valence-electron chi connectivity index (χ1n) is 7.92. The summed E-state index contributed by atoms with van der Waals surface area (Å²) in [4.78, 5) is 22.4. The van der Waals surface area contributed by atoms with Crippen LogP contribution < -0.4 is 0 Å². The van der Waals surface area contributed by atoms with Gasteiger partial charge in [-0.15, -0.1) is 0 Å². The Kier molecular flexibility index (Phi) is 5.14.